The number of nitrogens with two attached hydrogens (primary N) is 2. The zero-order valence-corrected chi connectivity index (χ0v) is 20.2. The lowest BCUT2D eigenvalue weighted by atomic mass is 9.93. The van der Waals surface area contributed by atoms with Gasteiger partial charge in [-0.1, -0.05) is 23.7 Å². The third-order valence-electron chi connectivity index (χ3n) is 5.62. The van der Waals surface area contributed by atoms with Gasteiger partial charge in [0.25, 0.3) is 5.91 Å². The van der Waals surface area contributed by atoms with Crippen molar-refractivity contribution in [3.05, 3.63) is 106 Å². The fourth-order valence-corrected chi connectivity index (χ4v) is 3.90. The molecule has 4 rings (SSSR count). The van der Waals surface area contributed by atoms with Crippen molar-refractivity contribution in [1.82, 2.24) is 5.32 Å². The largest absolute Gasteiger partial charge is 0.493 e. The number of carboxylic acid groups (broad SMARTS) is 1. The first kappa shape index (κ1) is 25.6. The first-order chi connectivity index (χ1) is 17.7. The van der Waals surface area contributed by atoms with E-state index in [9.17, 15) is 19.1 Å². The number of hydrogen-bond acceptors (Lipinski definition) is 6. The van der Waals surface area contributed by atoms with E-state index in [-0.39, 0.29) is 23.3 Å². The summed E-state index contributed by atoms with van der Waals surface area (Å²) >= 11 is 6.33. The molecular formula is C27H23ClFN3O5. The molecular weight excluding hydrogens is 501 g/mol. The van der Waals surface area contributed by atoms with Crippen LogP contribution >= 0.6 is 11.6 Å². The van der Waals surface area contributed by atoms with Gasteiger partial charge in [-0.3, -0.25) is 9.59 Å². The quantitative estimate of drug-likeness (QED) is 0.328. The third kappa shape index (κ3) is 6.20. The van der Waals surface area contributed by atoms with Gasteiger partial charge in [0.2, 0.25) is 0 Å². The van der Waals surface area contributed by atoms with Gasteiger partial charge in [0.1, 0.15) is 28.9 Å². The standard InChI is InChI=1S/C27H23ClFN3O5/c28-21-13-20-19(27(34)35)11-12-36-23(20)14-24(21)37-18-7-3-16(4-8-18)26(33)32-25(31)10-9-22(30)15-1-5-17(29)6-2-15/h1-10,13-14,19H,11-12,30-31H2,(H,32,33)(H,34,35)/b22-9-,25-10+. The Hall–Kier alpha value is -4.50. The number of hydrogen-bond donors (Lipinski definition) is 4. The lowest BCUT2D eigenvalue weighted by Crippen LogP contribution is -2.27. The molecule has 0 radical (unpaired) electrons. The fourth-order valence-electron chi connectivity index (χ4n) is 3.69. The molecule has 1 aliphatic rings. The number of halogens is 2. The van der Waals surface area contributed by atoms with Gasteiger partial charge < -0.3 is 31.4 Å². The van der Waals surface area contributed by atoms with Crippen LogP contribution in [0.25, 0.3) is 5.70 Å². The van der Waals surface area contributed by atoms with Crippen molar-refractivity contribution < 1.29 is 28.6 Å². The zero-order chi connectivity index (χ0) is 26.5. The van der Waals surface area contributed by atoms with E-state index in [4.69, 9.17) is 32.5 Å². The molecule has 0 saturated carbocycles. The fraction of sp³-hybridized carbons (Fsp3) is 0.111. The lowest BCUT2D eigenvalue weighted by Gasteiger charge is -2.24. The molecule has 1 unspecified atom stereocenters. The van der Waals surface area contributed by atoms with Crippen LogP contribution in [0.1, 0.15) is 33.8 Å². The van der Waals surface area contributed by atoms with Crippen molar-refractivity contribution in [2.45, 2.75) is 12.3 Å². The second-order valence-corrected chi connectivity index (χ2v) is 8.59. The summed E-state index contributed by atoms with van der Waals surface area (Å²) in [4.78, 5) is 24.0. The molecule has 0 saturated heterocycles. The van der Waals surface area contributed by atoms with Crippen LogP contribution in [0.3, 0.4) is 0 Å². The predicted octanol–water partition coefficient (Wildman–Crippen LogP) is 4.75. The van der Waals surface area contributed by atoms with Gasteiger partial charge in [0.05, 0.1) is 17.5 Å². The molecule has 190 valence electrons. The Morgan fingerprint density at radius 1 is 1.05 bits per heavy atom. The van der Waals surface area contributed by atoms with E-state index in [0.29, 0.717) is 46.1 Å². The first-order valence-electron chi connectivity index (χ1n) is 11.2. The van der Waals surface area contributed by atoms with Crippen LogP contribution in [0.4, 0.5) is 4.39 Å². The Kier molecular flexibility index (Phi) is 7.64. The molecule has 1 atom stereocenters. The normalized spacial score (nSPS) is 15.4. The van der Waals surface area contributed by atoms with Gasteiger partial charge in [-0.2, -0.15) is 0 Å². The van der Waals surface area contributed by atoms with Gasteiger partial charge in [0, 0.05) is 22.9 Å². The average Bonchev–Trinajstić information content (AvgIpc) is 2.88. The molecule has 1 heterocycles. The second kappa shape index (κ2) is 11.0. The Morgan fingerprint density at radius 2 is 1.73 bits per heavy atom. The number of allylic oxidation sites excluding steroid dienone is 2. The van der Waals surface area contributed by atoms with Crippen LogP contribution in [0.15, 0.2) is 78.6 Å². The summed E-state index contributed by atoms with van der Waals surface area (Å²) in [6.45, 7) is 0.279. The number of carbonyl (C=O) groups excluding carboxylic acids is 1. The number of ether oxygens (including phenoxy) is 2. The van der Waals surface area contributed by atoms with Crippen LogP contribution in [0.5, 0.6) is 17.2 Å². The summed E-state index contributed by atoms with van der Waals surface area (Å²) in [5.41, 5.74) is 13.6. The summed E-state index contributed by atoms with van der Waals surface area (Å²) in [5.74, 6) is -1.28. The SMILES string of the molecule is N/C(=C\C=C(/N)NC(=O)c1ccc(Oc2cc3c(cc2Cl)C(C(=O)O)CCO3)cc1)c1ccc(F)cc1. The lowest BCUT2D eigenvalue weighted by molar-refractivity contribution is -0.139. The number of rotatable bonds is 7. The topological polar surface area (TPSA) is 137 Å². The van der Waals surface area contributed by atoms with Crippen LogP contribution in [0.2, 0.25) is 5.02 Å². The minimum atomic E-state index is -0.939. The summed E-state index contributed by atoms with van der Waals surface area (Å²) in [6, 6.07) is 15.0. The maximum atomic E-state index is 13.0. The van der Waals surface area contributed by atoms with Crippen molar-refractivity contribution in [3.8, 4) is 17.2 Å². The van der Waals surface area contributed by atoms with E-state index in [1.54, 1.807) is 36.4 Å². The van der Waals surface area contributed by atoms with Gasteiger partial charge >= 0.3 is 5.97 Å². The maximum absolute atomic E-state index is 13.0. The van der Waals surface area contributed by atoms with E-state index in [1.165, 1.54) is 36.4 Å². The van der Waals surface area contributed by atoms with Crippen molar-refractivity contribution in [3.63, 3.8) is 0 Å². The van der Waals surface area contributed by atoms with Crippen LogP contribution in [-0.2, 0) is 4.79 Å². The number of carbonyl (C=O) groups is 2. The molecule has 3 aromatic rings. The number of aliphatic carboxylic acids is 1. The number of carboxylic acids is 1. The summed E-state index contributed by atoms with van der Waals surface area (Å²) in [6.07, 6.45) is 3.30. The zero-order valence-electron chi connectivity index (χ0n) is 19.4. The molecule has 1 amide bonds. The molecule has 0 spiro atoms. The Bertz CT molecular complexity index is 1390. The molecule has 0 aliphatic carbocycles. The van der Waals surface area contributed by atoms with Crippen LogP contribution < -0.4 is 26.3 Å². The smallest absolute Gasteiger partial charge is 0.311 e. The minimum absolute atomic E-state index is 0.0656. The predicted molar refractivity (Wildman–Crippen MR) is 137 cm³/mol. The Morgan fingerprint density at radius 3 is 2.41 bits per heavy atom. The molecule has 8 nitrogen and oxygen atoms in total. The van der Waals surface area contributed by atoms with E-state index >= 15 is 0 Å². The highest BCUT2D eigenvalue weighted by atomic mass is 35.5. The summed E-state index contributed by atoms with van der Waals surface area (Å²) in [5, 5.41) is 12.2. The van der Waals surface area contributed by atoms with Crippen molar-refractivity contribution >= 4 is 29.2 Å². The van der Waals surface area contributed by atoms with E-state index in [0.717, 1.165) is 0 Å². The molecule has 10 heteroatoms. The average molecular weight is 524 g/mol. The van der Waals surface area contributed by atoms with Gasteiger partial charge in [-0.15, -0.1) is 0 Å². The van der Waals surface area contributed by atoms with Crippen molar-refractivity contribution in [2.75, 3.05) is 6.61 Å². The Balaban J connectivity index is 1.41. The molecule has 6 N–H and O–H groups in total. The molecule has 0 aromatic heterocycles. The summed E-state index contributed by atoms with van der Waals surface area (Å²) in [7, 11) is 0. The van der Waals surface area contributed by atoms with Gasteiger partial charge in [-0.05, 0) is 66.6 Å². The third-order valence-corrected chi connectivity index (χ3v) is 5.92. The number of amides is 1. The molecule has 3 aromatic carbocycles. The number of fused-ring (bicyclic) bond motifs is 1. The molecule has 0 fully saturated rings. The van der Waals surface area contributed by atoms with Gasteiger partial charge in [0.15, 0.2) is 0 Å². The van der Waals surface area contributed by atoms with Crippen LogP contribution in [-0.4, -0.2) is 23.6 Å². The highest BCUT2D eigenvalue weighted by molar-refractivity contribution is 6.32. The Labute approximate surface area is 216 Å². The molecule has 1 aliphatic heterocycles. The number of benzene rings is 3. The molecule has 0 bridgehead atoms. The van der Waals surface area contributed by atoms with E-state index in [2.05, 4.69) is 5.32 Å². The maximum Gasteiger partial charge on any atom is 0.311 e. The monoisotopic (exact) mass is 523 g/mol. The van der Waals surface area contributed by atoms with Crippen molar-refractivity contribution in [1.29, 1.82) is 0 Å². The summed E-state index contributed by atoms with van der Waals surface area (Å²) < 4.78 is 24.5. The highest BCUT2D eigenvalue weighted by Gasteiger charge is 2.29. The first-order valence-corrected chi connectivity index (χ1v) is 11.6. The molecule has 37 heavy (non-hydrogen) atoms. The van der Waals surface area contributed by atoms with Gasteiger partial charge in [-0.25, -0.2) is 4.39 Å². The van der Waals surface area contributed by atoms with E-state index in [1.807, 2.05) is 0 Å². The minimum Gasteiger partial charge on any atom is -0.493 e. The van der Waals surface area contributed by atoms with E-state index < -0.39 is 17.8 Å². The van der Waals surface area contributed by atoms with Crippen molar-refractivity contribution in [2.24, 2.45) is 11.5 Å². The number of nitrogens with one attached hydrogen (secondary N) is 1. The van der Waals surface area contributed by atoms with Crippen LogP contribution in [0, 0.1) is 5.82 Å². The second-order valence-electron chi connectivity index (χ2n) is 8.18. The highest BCUT2D eigenvalue weighted by Crippen LogP contribution is 2.41.